The molecule has 0 spiro atoms. The number of thiocarbonyl (C=S) groups is 1. The Bertz CT molecular complexity index is 703. The standard InChI is InChI=1S/C18H20Cl2N2O2S/c19-16-6-5-13(9-17(16)20)11-22(12-15-4-2-8-24-15)18(25)21-10-14-3-1-7-23-14/h2,4-6,8-9,14H,1,3,7,10-12H2,(H,21,25)/t14-/m1/s1. The average molecular weight is 399 g/mol. The van der Waals surface area contributed by atoms with E-state index in [1.807, 2.05) is 29.2 Å². The number of ether oxygens (including phenoxy) is 1. The number of furan rings is 1. The zero-order chi connectivity index (χ0) is 17.6. The van der Waals surface area contributed by atoms with Gasteiger partial charge in [-0.25, -0.2) is 0 Å². The smallest absolute Gasteiger partial charge is 0.169 e. The summed E-state index contributed by atoms with van der Waals surface area (Å²) < 4.78 is 11.1. The van der Waals surface area contributed by atoms with Crippen molar-refractivity contribution in [3.63, 3.8) is 0 Å². The predicted molar refractivity (Wildman–Crippen MR) is 104 cm³/mol. The Kier molecular flexibility index (Phi) is 6.59. The van der Waals surface area contributed by atoms with Crippen LogP contribution < -0.4 is 5.32 Å². The largest absolute Gasteiger partial charge is 0.467 e. The summed E-state index contributed by atoms with van der Waals surface area (Å²) in [6.07, 6.45) is 4.07. The minimum atomic E-state index is 0.230. The van der Waals surface area contributed by atoms with Crippen molar-refractivity contribution in [3.05, 3.63) is 58.0 Å². The Morgan fingerprint density at radius 3 is 2.80 bits per heavy atom. The summed E-state index contributed by atoms with van der Waals surface area (Å²) in [5.74, 6) is 0.848. The van der Waals surface area contributed by atoms with Crippen molar-refractivity contribution >= 4 is 40.5 Å². The summed E-state index contributed by atoms with van der Waals surface area (Å²) in [7, 11) is 0. The highest BCUT2D eigenvalue weighted by Crippen LogP contribution is 2.23. The molecule has 0 radical (unpaired) electrons. The fourth-order valence-corrected chi connectivity index (χ4v) is 3.30. The van der Waals surface area contributed by atoms with Gasteiger partial charge in [-0.2, -0.15) is 0 Å². The van der Waals surface area contributed by atoms with Crippen molar-refractivity contribution in [1.82, 2.24) is 10.2 Å². The summed E-state index contributed by atoms with van der Waals surface area (Å²) in [6, 6.07) is 9.42. The van der Waals surface area contributed by atoms with Gasteiger partial charge in [-0.05, 0) is 54.9 Å². The molecule has 2 heterocycles. The van der Waals surface area contributed by atoms with Gasteiger partial charge in [0.1, 0.15) is 5.76 Å². The minimum Gasteiger partial charge on any atom is -0.467 e. The van der Waals surface area contributed by atoms with Gasteiger partial charge < -0.3 is 19.4 Å². The second-order valence-corrected chi connectivity index (χ2v) is 7.21. The first kappa shape index (κ1) is 18.5. The summed E-state index contributed by atoms with van der Waals surface area (Å²) >= 11 is 17.7. The van der Waals surface area contributed by atoms with Gasteiger partial charge in [-0.1, -0.05) is 29.3 Å². The fourth-order valence-electron chi connectivity index (χ4n) is 2.77. The van der Waals surface area contributed by atoms with Crippen LogP contribution in [0.3, 0.4) is 0 Å². The van der Waals surface area contributed by atoms with Crippen molar-refractivity contribution in [2.75, 3.05) is 13.2 Å². The van der Waals surface area contributed by atoms with Gasteiger partial charge in [-0.3, -0.25) is 0 Å². The maximum atomic E-state index is 6.13. The van der Waals surface area contributed by atoms with E-state index in [1.54, 1.807) is 12.3 Å². The topological polar surface area (TPSA) is 37.6 Å². The molecule has 1 saturated heterocycles. The molecule has 0 amide bonds. The summed E-state index contributed by atoms with van der Waals surface area (Å²) in [5, 5.41) is 5.06. The molecule has 1 aliphatic rings. The van der Waals surface area contributed by atoms with E-state index >= 15 is 0 Å². The lowest BCUT2D eigenvalue weighted by atomic mass is 10.2. The molecule has 2 aromatic rings. The van der Waals surface area contributed by atoms with E-state index in [1.165, 1.54) is 0 Å². The molecule has 1 aromatic carbocycles. The van der Waals surface area contributed by atoms with Crippen LogP contribution in [-0.2, 0) is 17.8 Å². The molecule has 134 valence electrons. The number of hydrogen-bond donors (Lipinski definition) is 1. The highest BCUT2D eigenvalue weighted by atomic mass is 35.5. The zero-order valence-corrected chi connectivity index (χ0v) is 16.0. The van der Waals surface area contributed by atoms with E-state index in [0.717, 1.165) is 37.3 Å². The lowest BCUT2D eigenvalue weighted by molar-refractivity contribution is 0.113. The van der Waals surface area contributed by atoms with Gasteiger partial charge in [0.25, 0.3) is 0 Å². The van der Waals surface area contributed by atoms with Crippen LogP contribution in [0.5, 0.6) is 0 Å². The minimum absolute atomic E-state index is 0.230. The molecule has 0 aliphatic carbocycles. The Balaban J connectivity index is 1.67. The van der Waals surface area contributed by atoms with Crippen LogP contribution in [0.1, 0.15) is 24.2 Å². The van der Waals surface area contributed by atoms with E-state index in [4.69, 9.17) is 44.6 Å². The van der Waals surface area contributed by atoms with E-state index in [2.05, 4.69) is 5.32 Å². The van der Waals surface area contributed by atoms with E-state index < -0.39 is 0 Å². The number of benzene rings is 1. The lowest BCUT2D eigenvalue weighted by Gasteiger charge is -2.26. The quantitative estimate of drug-likeness (QED) is 0.717. The number of halogens is 2. The molecule has 0 unspecified atom stereocenters. The number of nitrogens with zero attached hydrogens (tertiary/aromatic N) is 1. The molecule has 7 heteroatoms. The van der Waals surface area contributed by atoms with E-state index in [0.29, 0.717) is 28.2 Å². The van der Waals surface area contributed by atoms with Crippen molar-refractivity contribution < 1.29 is 9.15 Å². The number of hydrogen-bond acceptors (Lipinski definition) is 3. The average Bonchev–Trinajstić information content (AvgIpc) is 3.29. The van der Waals surface area contributed by atoms with Crippen molar-refractivity contribution in [2.24, 2.45) is 0 Å². The second kappa shape index (κ2) is 8.90. The Morgan fingerprint density at radius 2 is 2.12 bits per heavy atom. The van der Waals surface area contributed by atoms with Crippen LogP contribution in [0.25, 0.3) is 0 Å². The van der Waals surface area contributed by atoms with Crippen LogP contribution in [-0.4, -0.2) is 29.3 Å². The third-order valence-corrected chi connectivity index (χ3v) is 5.22. The predicted octanol–water partition coefficient (Wildman–Crippen LogP) is 4.64. The molecule has 0 bridgehead atoms. The van der Waals surface area contributed by atoms with Crippen LogP contribution in [0, 0.1) is 0 Å². The monoisotopic (exact) mass is 398 g/mol. The molecular formula is C18H20Cl2N2O2S. The molecule has 1 atom stereocenters. The van der Waals surface area contributed by atoms with E-state index in [-0.39, 0.29) is 6.10 Å². The van der Waals surface area contributed by atoms with E-state index in [9.17, 15) is 0 Å². The Labute approximate surface area is 163 Å². The van der Waals surface area contributed by atoms with Gasteiger partial charge in [0.05, 0.1) is 29.0 Å². The third-order valence-electron chi connectivity index (χ3n) is 4.08. The normalized spacial score (nSPS) is 16.8. The molecule has 1 aromatic heterocycles. The number of nitrogens with one attached hydrogen (secondary N) is 1. The summed E-state index contributed by atoms with van der Waals surface area (Å²) in [6.45, 7) is 2.73. The van der Waals surface area contributed by atoms with Gasteiger partial charge in [0.15, 0.2) is 5.11 Å². The highest BCUT2D eigenvalue weighted by molar-refractivity contribution is 7.80. The molecule has 0 saturated carbocycles. The van der Waals surface area contributed by atoms with Crippen molar-refractivity contribution in [2.45, 2.75) is 32.0 Å². The Morgan fingerprint density at radius 1 is 1.24 bits per heavy atom. The SMILES string of the molecule is S=C(NC[C@H]1CCCO1)N(Cc1ccc(Cl)c(Cl)c1)Cc1ccco1. The zero-order valence-electron chi connectivity index (χ0n) is 13.7. The third kappa shape index (κ3) is 5.35. The van der Waals surface area contributed by atoms with Crippen LogP contribution >= 0.6 is 35.4 Å². The van der Waals surface area contributed by atoms with Crippen molar-refractivity contribution in [3.8, 4) is 0 Å². The molecule has 1 aliphatic heterocycles. The second-order valence-electron chi connectivity index (χ2n) is 6.00. The molecule has 3 rings (SSSR count). The summed E-state index contributed by atoms with van der Waals surface area (Å²) in [4.78, 5) is 2.04. The van der Waals surface area contributed by atoms with Gasteiger partial charge >= 0.3 is 0 Å². The van der Waals surface area contributed by atoms with Crippen molar-refractivity contribution in [1.29, 1.82) is 0 Å². The highest BCUT2D eigenvalue weighted by Gasteiger charge is 2.18. The summed E-state index contributed by atoms with van der Waals surface area (Å²) in [5.41, 5.74) is 1.03. The van der Waals surface area contributed by atoms with Gasteiger partial charge in [0.2, 0.25) is 0 Å². The molecular weight excluding hydrogens is 379 g/mol. The maximum absolute atomic E-state index is 6.13. The van der Waals surface area contributed by atoms with Gasteiger partial charge in [-0.15, -0.1) is 0 Å². The Hall–Kier alpha value is -1.27. The molecule has 4 nitrogen and oxygen atoms in total. The molecule has 1 N–H and O–H groups in total. The van der Waals surface area contributed by atoms with Crippen LogP contribution in [0.15, 0.2) is 41.0 Å². The first-order valence-corrected chi connectivity index (χ1v) is 9.39. The maximum Gasteiger partial charge on any atom is 0.169 e. The van der Waals surface area contributed by atoms with Crippen LogP contribution in [0.4, 0.5) is 0 Å². The first-order valence-electron chi connectivity index (χ1n) is 8.22. The van der Waals surface area contributed by atoms with Gasteiger partial charge in [0, 0.05) is 19.7 Å². The fraction of sp³-hybridized carbons (Fsp3) is 0.389. The lowest BCUT2D eigenvalue weighted by Crippen LogP contribution is -2.41. The number of rotatable bonds is 6. The molecule has 1 fully saturated rings. The first-order chi connectivity index (χ1) is 12.1. The molecule has 25 heavy (non-hydrogen) atoms. The van der Waals surface area contributed by atoms with Crippen LogP contribution in [0.2, 0.25) is 10.0 Å².